The summed E-state index contributed by atoms with van der Waals surface area (Å²) in [5.74, 6) is 1.63. The van der Waals surface area contributed by atoms with Crippen molar-refractivity contribution in [3.63, 3.8) is 0 Å². The Bertz CT molecular complexity index is 1330. The number of carbonyl (C=O) groups is 1. The van der Waals surface area contributed by atoms with Crippen LogP contribution < -0.4 is 10.1 Å². The maximum Gasteiger partial charge on any atom is 0.287 e. The van der Waals surface area contributed by atoms with Crippen molar-refractivity contribution in [2.24, 2.45) is 0 Å². The molecule has 182 valence electrons. The first-order chi connectivity index (χ1) is 17.7. The van der Waals surface area contributed by atoms with E-state index in [1.165, 1.54) is 22.3 Å². The summed E-state index contributed by atoms with van der Waals surface area (Å²) >= 11 is 0. The van der Waals surface area contributed by atoms with Gasteiger partial charge in [-0.2, -0.15) is 0 Å². The van der Waals surface area contributed by atoms with Crippen LogP contribution in [0.2, 0.25) is 0 Å². The lowest BCUT2D eigenvalue weighted by Gasteiger charge is -2.38. The zero-order valence-corrected chi connectivity index (χ0v) is 20.2. The van der Waals surface area contributed by atoms with Crippen LogP contribution in [0.15, 0.2) is 95.4 Å². The molecular formula is C31H30N2O3. The topological polar surface area (TPSA) is 54.7 Å². The highest BCUT2D eigenvalue weighted by atomic mass is 16.5. The highest BCUT2D eigenvalue weighted by Gasteiger charge is 2.29. The van der Waals surface area contributed by atoms with E-state index in [0.29, 0.717) is 17.6 Å². The van der Waals surface area contributed by atoms with Crippen molar-refractivity contribution in [3.8, 4) is 5.75 Å². The van der Waals surface area contributed by atoms with Gasteiger partial charge in [0.1, 0.15) is 18.1 Å². The van der Waals surface area contributed by atoms with Gasteiger partial charge in [-0.25, -0.2) is 0 Å². The molecule has 1 atom stereocenters. The van der Waals surface area contributed by atoms with Gasteiger partial charge in [0.05, 0.1) is 6.04 Å². The summed E-state index contributed by atoms with van der Waals surface area (Å²) in [4.78, 5) is 14.8. The minimum absolute atomic E-state index is 0.151. The minimum Gasteiger partial charge on any atom is -0.486 e. The molecule has 5 heteroatoms. The van der Waals surface area contributed by atoms with E-state index in [-0.39, 0.29) is 18.6 Å². The molecule has 1 fully saturated rings. The van der Waals surface area contributed by atoms with E-state index in [4.69, 9.17) is 9.15 Å². The molecule has 0 spiro atoms. The first kappa shape index (κ1) is 22.6. The summed E-state index contributed by atoms with van der Waals surface area (Å²) in [6.07, 6.45) is 3.10. The standard InChI is InChI=1S/C31H30N2O3/c34-31(32-25-12-13-25)29-16-15-27(36-29)21-35-26-14-11-23-17-18-33(20-22-7-3-1-4-8-22)30(28(23)19-26)24-9-5-2-6-10-24/h1-11,14-16,19,25,30H,12-13,17-18,20-21H2,(H,32,34). The van der Waals surface area contributed by atoms with E-state index in [0.717, 1.165) is 38.1 Å². The molecule has 5 nitrogen and oxygen atoms in total. The van der Waals surface area contributed by atoms with Crippen molar-refractivity contribution >= 4 is 5.91 Å². The third-order valence-electron chi connectivity index (χ3n) is 6.97. The number of hydrogen-bond donors (Lipinski definition) is 1. The number of nitrogens with one attached hydrogen (secondary N) is 1. The first-order valence-corrected chi connectivity index (χ1v) is 12.7. The van der Waals surface area contributed by atoms with Gasteiger partial charge in [-0.1, -0.05) is 66.7 Å². The summed E-state index contributed by atoms with van der Waals surface area (Å²) < 4.78 is 11.9. The quantitative estimate of drug-likeness (QED) is 0.343. The van der Waals surface area contributed by atoms with Crippen molar-refractivity contribution in [1.82, 2.24) is 10.2 Å². The lowest BCUT2D eigenvalue weighted by Crippen LogP contribution is -2.35. The number of rotatable bonds is 8. The zero-order chi connectivity index (χ0) is 24.3. The molecule has 1 aromatic heterocycles. The average molecular weight is 479 g/mol. The molecule has 0 bridgehead atoms. The number of amides is 1. The smallest absolute Gasteiger partial charge is 0.287 e. The molecule has 2 aliphatic rings. The molecule has 0 saturated heterocycles. The van der Waals surface area contributed by atoms with Gasteiger partial charge < -0.3 is 14.5 Å². The number of hydrogen-bond acceptors (Lipinski definition) is 4. The Morgan fingerprint density at radius 2 is 1.72 bits per heavy atom. The lowest BCUT2D eigenvalue weighted by atomic mass is 9.87. The van der Waals surface area contributed by atoms with Crippen LogP contribution in [0.5, 0.6) is 5.75 Å². The van der Waals surface area contributed by atoms with Crippen LogP contribution in [0.25, 0.3) is 0 Å². The molecule has 1 unspecified atom stereocenters. The van der Waals surface area contributed by atoms with Gasteiger partial charge in [-0.05, 0) is 65.8 Å². The molecule has 3 aromatic carbocycles. The van der Waals surface area contributed by atoms with Crippen LogP contribution in [0, 0.1) is 0 Å². The molecular weight excluding hydrogens is 448 g/mol. The number of benzene rings is 3. The van der Waals surface area contributed by atoms with E-state index < -0.39 is 0 Å². The number of ether oxygens (including phenoxy) is 1. The zero-order valence-electron chi connectivity index (χ0n) is 20.2. The van der Waals surface area contributed by atoms with Gasteiger partial charge in [0, 0.05) is 19.1 Å². The second-order valence-electron chi connectivity index (χ2n) is 9.68. The van der Waals surface area contributed by atoms with Crippen molar-refractivity contribution < 1.29 is 13.9 Å². The van der Waals surface area contributed by atoms with Crippen molar-refractivity contribution in [2.45, 2.75) is 44.5 Å². The molecule has 4 aromatic rings. The highest BCUT2D eigenvalue weighted by molar-refractivity contribution is 5.91. The number of carbonyl (C=O) groups excluding carboxylic acids is 1. The number of nitrogens with zero attached hydrogens (tertiary/aromatic N) is 1. The number of furan rings is 1. The predicted octanol–water partition coefficient (Wildman–Crippen LogP) is 5.90. The van der Waals surface area contributed by atoms with Gasteiger partial charge >= 0.3 is 0 Å². The second-order valence-corrected chi connectivity index (χ2v) is 9.68. The second kappa shape index (κ2) is 10.0. The van der Waals surface area contributed by atoms with Crippen molar-refractivity contribution in [3.05, 3.63) is 125 Å². The van der Waals surface area contributed by atoms with Gasteiger partial charge in [0.25, 0.3) is 5.91 Å². The summed E-state index contributed by atoms with van der Waals surface area (Å²) in [7, 11) is 0. The molecule has 6 rings (SSSR count). The predicted molar refractivity (Wildman–Crippen MR) is 139 cm³/mol. The van der Waals surface area contributed by atoms with Crippen LogP contribution in [0.3, 0.4) is 0 Å². The third kappa shape index (κ3) is 5.07. The molecule has 1 N–H and O–H groups in total. The SMILES string of the molecule is O=C(NC1CC1)c1ccc(COc2ccc3c(c2)C(c2ccccc2)N(Cc2ccccc2)CC3)o1. The first-order valence-electron chi connectivity index (χ1n) is 12.7. The van der Waals surface area contributed by atoms with Gasteiger partial charge in [0.15, 0.2) is 5.76 Å². The fourth-order valence-electron chi connectivity index (χ4n) is 4.97. The Morgan fingerprint density at radius 1 is 0.944 bits per heavy atom. The van der Waals surface area contributed by atoms with E-state index in [9.17, 15) is 4.79 Å². The summed E-state index contributed by atoms with van der Waals surface area (Å²) in [5.41, 5.74) is 5.24. The Balaban J connectivity index is 1.22. The molecule has 1 aliphatic heterocycles. The molecule has 1 aliphatic carbocycles. The summed E-state index contributed by atoms with van der Waals surface area (Å²) in [5, 5.41) is 2.96. The van der Waals surface area contributed by atoms with E-state index in [2.05, 4.69) is 83.0 Å². The molecule has 1 saturated carbocycles. The largest absolute Gasteiger partial charge is 0.486 e. The van der Waals surface area contributed by atoms with Crippen LogP contribution in [-0.4, -0.2) is 23.4 Å². The average Bonchev–Trinajstić information content (AvgIpc) is 3.60. The van der Waals surface area contributed by atoms with Crippen molar-refractivity contribution in [1.29, 1.82) is 0 Å². The Hall–Kier alpha value is -3.83. The van der Waals surface area contributed by atoms with Crippen LogP contribution >= 0.6 is 0 Å². The lowest BCUT2D eigenvalue weighted by molar-refractivity contribution is 0.0919. The van der Waals surface area contributed by atoms with Crippen LogP contribution in [0.1, 0.15) is 57.5 Å². The van der Waals surface area contributed by atoms with Crippen LogP contribution in [0.4, 0.5) is 0 Å². The fourth-order valence-corrected chi connectivity index (χ4v) is 4.97. The normalized spacial score (nSPS) is 17.4. The van der Waals surface area contributed by atoms with Gasteiger partial charge in [-0.15, -0.1) is 0 Å². The maximum atomic E-state index is 12.2. The Labute approximate surface area is 211 Å². The fraction of sp³-hybridized carbons (Fsp3) is 0.258. The molecule has 1 amide bonds. The van der Waals surface area contributed by atoms with Gasteiger partial charge in [-0.3, -0.25) is 9.69 Å². The highest BCUT2D eigenvalue weighted by Crippen LogP contribution is 2.38. The minimum atomic E-state index is -0.151. The van der Waals surface area contributed by atoms with Gasteiger partial charge in [0.2, 0.25) is 0 Å². The van der Waals surface area contributed by atoms with E-state index in [1.54, 1.807) is 6.07 Å². The molecule has 2 heterocycles. The van der Waals surface area contributed by atoms with E-state index in [1.807, 2.05) is 12.1 Å². The summed E-state index contributed by atoms with van der Waals surface area (Å²) in [6, 6.07) is 31.8. The Morgan fingerprint density at radius 3 is 2.50 bits per heavy atom. The monoisotopic (exact) mass is 478 g/mol. The maximum absolute atomic E-state index is 12.2. The Kier molecular flexibility index (Phi) is 6.31. The summed E-state index contributed by atoms with van der Waals surface area (Å²) in [6.45, 7) is 2.17. The number of fused-ring (bicyclic) bond motifs is 1. The van der Waals surface area contributed by atoms with E-state index >= 15 is 0 Å². The molecule has 36 heavy (non-hydrogen) atoms. The van der Waals surface area contributed by atoms with Crippen LogP contribution in [-0.2, 0) is 19.6 Å². The van der Waals surface area contributed by atoms with Crippen molar-refractivity contribution in [2.75, 3.05) is 6.54 Å². The third-order valence-corrected chi connectivity index (χ3v) is 6.97. The molecule has 0 radical (unpaired) electrons.